The van der Waals surface area contributed by atoms with Gasteiger partial charge in [0, 0.05) is 18.2 Å². The number of carbonyl (C=O) groups is 1. The molecule has 1 unspecified atom stereocenters. The molecule has 2 rings (SSSR count). The van der Waals surface area contributed by atoms with Crippen molar-refractivity contribution < 1.29 is 4.79 Å². The van der Waals surface area contributed by atoms with E-state index in [1.165, 1.54) is 5.56 Å². The Morgan fingerprint density at radius 1 is 1.39 bits per heavy atom. The molecule has 0 spiro atoms. The molecule has 3 heteroatoms. The van der Waals surface area contributed by atoms with E-state index in [0.717, 1.165) is 25.1 Å². The molecule has 2 N–H and O–H groups in total. The summed E-state index contributed by atoms with van der Waals surface area (Å²) in [7, 11) is 0. The van der Waals surface area contributed by atoms with Crippen molar-refractivity contribution in [3.05, 3.63) is 35.4 Å². The first kappa shape index (κ1) is 13.1. The van der Waals surface area contributed by atoms with Gasteiger partial charge in [0.05, 0.1) is 0 Å². The lowest BCUT2D eigenvalue weighted by atomic mass is 9.86. The molecule has 3 nitrogen and oxygen atoms in total. The third-order valence-corrected chi connectivity index (χ3v) is 3.39. The van der Waals surface area contributed by atoms with E-state index >= 15 is 0 Å². The van der Waals surface area contributed by atoms with Gasteiger partial charge >= 0.3 is 0 Å². The summed E-state index contributed by atoms with van der Waals surface area (Å²) in [5.74, 6) is 0.0369. The molecule has 1 aromatic carbocycles. The van der Waals surface area contributed by atoms with Gasteiger partial charge in [-0.05, 0) is 36.1 Å². The third kappa shape index (κ3) is 3.10. The molecule has 0 bridgehead atoms. The summed E-state index contributed by atoms with van der Waals surface area (Å²) in [6, 6.07) is 8.19. The molecule has 1 aliphatic heterocycles. The highest BCUT2D eigenvalue weighted by molar-refractivity contribution is 5.94. The van der Waals surface area contributed by atoms with Gasteiger partial charge in [-0.2, -0.15) is 0 Å². The van der Waals surface area contributed by atoms with E-state index in [2.05, 4.69) is 37.5 Å². The van der Waals surface area contributed by atoms with Gasteiger partial charge in [0.1, 0.15) is 0 Å². The molecule has 18 heavy (non-hydrogen) atoms. The molecule has 1 saturated heterocycles. The summed E-state index contributed by atoms with van der Waals surface area (Å²) in [6.07, 6.45) is 1.02. The second kappa shape index (κ2) is 5.11. The fourth-order valence-electron chi connectivity index (χ4n) is 2.17. The Hall–Kier alpha value is -1.35. The lowest BCUT2D eigenvalue weighted by Gasteiger charge is -2.20. The quantitative estimate of drug-likeness (QED) is 0.839. The van der Waals surface area contributed by atoms with Crippen molar-refractivity contribution in [2.24, 2.45) is 0 Å². The van der Waals surface area contributed by atoms with Crippen LogP contribution in [0.5, 0.6) is 0 Å². The van der Waals surface area contributed by atoms with Crippen LogP contribution in [0.1, 0.15) is 43.1 Å². The summed E-state index contributed by atoms with van der Waals surface area (Å²) in [4.78, 5) is 12.1. The maximum absolute atomic E-state index is 12.1. The van der Waals surface area contributed by atoms with Crippen LogP contribution in [0.15, 0.2) is 24.3 Å². The SMILES string of the molecule is CC(C)(C)c1cccc(C(=O)NC2CCNC2)c1. The minimum absolute atomic E-state index is 0.0369. The van der Waals surface area contributed by atoms with E-state index in [1.807, 2.05) is 18.2 Å². The Kier molecular flexibility index (Phi) is 3.71. The number of benzene rings is 1. The number of hydrogen-bond acceptors (Lipinski definition) is 2. The number of nitrogens with one attached hydrogen (secondary N) is 2. The van der Waals surface area contributed by atoms with Crippen LogP contribution < -0.4 is 10.6 Å². The van der Waals surface area contributed by atoms with E-state index in [4.69, 9.17) is 0 Å². The van der Waals surface area contributed by atoms with Gasteiger partial charge in [-0.1, -0.05) is 32.9 Å². The Bertz CT molecular complexity index is 428. The third-order valence-electron chi connectivity index (χ3n) is 3.39. The van der Waals surface area contributed by atoms with Crippen LogP contribution in [0.25, 0.3) is 0 Å². The normalized spacial score (nSPS) is 19.8. The van der Waals surface area contributed by atoms with E-state index in [9.17, 15) is 4.79 Å². The summed E-state index contributed by atoms with van der Waals surface area (Å²) in [5, 5.41) is 6.32. The standard InChI is InChI=1S/C15H22N2O/c1-15(2,3)12-6-4-5-11(9-12)14(18)17-13-7-8-16-10-13/h4-6,9,13,16H,7-8,10H2,1-3H3,(H,17,18). The van der Waals surface area contributed by atoms with Crippen molar-refractivity contribution in [1.29, 1.82) is 0 Å². The smallest absolute Gasteiger partial charge is 0.251 e. The average Bonchev–Trinajstić information content (AvgIpc) is 2.81. The van der Waals surface area contributed by atoms with Gasteiger partial charge in [-0.3, -0.25) is 4.79 Å². The number of carbonyl (C=O) groups excluding carboxylic acids is 1. The first-order valence-corrected chi connectivity index (χ1v) is 6.59. The second-order valence-electron chi connectivity index (χ2n) is 5.99. The topological polar surface area (TPSA) is 41.1 Å². The second-order valence-corrected chi connectivity index (χ2v) is 5.99. The van der Waals surface area contributed by atoms with Gasteiger partial charge in [0.2, 0.25) is 0 Å². The molecule has 1 amide bonds. The highest BCUT2D eigenvalue weighted by Crippen LogP contribution is 2.22. The molecule has 1 atom stereocenters. The van der Waals surface area contributed by atoms with Crippen molar-refractivity contribution in [1.82, 2.24) is 10.6 Å². The molecule has 0 aromatic heterocycles. The molecular formula is C15H22N2O. The highest BCUT2D eigenvalue weighted by atomic mass is 16.1. The van der Waals surface area contributed by atoms with Crippen LogP contribution in [0.2, 0.25) is 0 Å². The number of rotatable bonds is 2. The first-order valence-electron chi connectivity index (χ1n) is 6.59. The zero-order chi connectivity index (χ0) is 13.2. The van der Waals surface area contributed by atoms with Gasteiger partial charge in [0.15, 0.2) is 0 Å². The van der Waals surface area contributed by atoms with E-state index in [1.54, 1.807) is 0 Å². The molecule has 1 heterocycles. The van der Waals surface area contributed by atoms with Crippen molar-refractivity contribution in [3.8, 4) is 0 Å². The van der Waals surface area contributed by atoms with E-state index < -0.39 is 0 Å². The van der Waals surface area contributed by atoms with Crippen LogP contribution in [0.4, 0.5) is 0 Å². The number of hydrogen-bond donors (Lipinski definition) is 2. The predicted molar refractivity (Wildman–Crippen MR) is 73.9 cm³/mol. The lowest BCUT2D eigenvalue weighted by molar-refractivity contribution is 0.0940. The molecule has 1 aliphatic rings. The van der Waals surface area contributed by atoms with Crippen molar-refractivity contribution in [3.63, 3.8) is 0 Å². The lowest BCUT2D eigenvalue weighted by Crippen LogP contribution is -2.36. The fourth-order valence-corrected chi connectivity index (χ4v) is 2.17. The molecule has 1 fully saturated rings. The van der Waals surface area contributed by atoms with Crippen LogP contribution in [0.3, 0.4) is 0 Å². The molecule has 0 saturated carbocycles. The van der Waals surface area contributed by atoms with Crippen LogP contribution in [0, 0.1) is 0 Å². The summed E-state index contributed by atoms with van der Waals surface area (Å²) in [5.41, 5.74) is 2.03. The van der Waals surface area contributed by atoms with E-state index in [0.29, 0.717) is 0 Å². The van der Waals surface area contributed by atoms with Gasteiger partial charge in [0.25, 0.3) is 5.91 Å². The molecule has 0 radical (unpaired) electrons. The Labute approximate surface area is 109 Å². The Morgan fingerprint density at radius 2 is 2.17 bits per heavy atom. The van der Waals surface area contributed by atoms with Gasteiger partial charge in [-0.15, -0.1) is 0 Å². The summed E-state index contributed by atoms with van der Waals surface area (Å²) in [6.45, 7) is 8.35. The summed E-state index contributed by atoms with van der Waals surface area (Å²) < 4.78 is 0. The fraction of sp³-hybridized carbons (Fsp3) is 0.533. The van der Waals surface area contributed by atoms with Crippen LogP contribution >= 0.6 is 0 Å². The Balaban J connectivity index is 2.10. The van der Waals surface area contributed by atoms with Gasteiger partial charge < -0.3 is 10.6 Å². The predicted octanol–water partition coefficient (Wildman–Crippen LogP) is 2.08. The van der Waals surface area contributed by atoms with Gasteiger partial charge in [-0.25, -0.2) is 0 Å². The minimum atomic E-state index is 0.0369. The Morgan fingerprint density at radius 3 is 2.78 bits per heavy atom. The highest BCUT2D eigenvalue weighted by Gasteiger charge is 2.19. The molecule has 1 aromatic rings. The maximum atomic E-state index is 12.1. The van der Waals surface area contributed by atoms with Crippen molar-refractivity contribution in [2.45, 2.75) is 38.6 Å². The average molecular weight is 246 g/mol. The minimum Gasteiger partial charge on any atom is -0.348 e. The molecule has 98 valence electrons. The molecule has 0 aliphatic carbocycles. The van der Waals surface area contributed by atoms with Crippen LogP contribution in [-0.4, -0.2) is 25.0 Å². The van der Waals surface area contributed by atoms with Crippen molar-refractivity contribution in [2.75, 3.05) is 13.1 Å². The monoisotopic (exact) mass is 246 g/mol. The largest absolute Gasteiger partial charge is 0.348 e. The summed E-state index contributed by atoms with van der Waals surface area (Å²) >= 11 is 0. The first-order chi connectivity index (χ1) is 8.47. The van der Waals surface area contributed by atoms with E-state index in [-0.39, 0.29) is 17.4 Å². The zero-order valence-electron chi connectivity index (χ0n) is 11.4. The molecular weight excluding hydrogens is 224 g/mol. The maximum Gasteiger partial charge on any atom is 0.251 e. The van der Waals surface area contributed by atoms with Crippen LogP contribution in [-0.2, 0) is 5.41 Å². The zero-order valence-corrected chi connectivity index (χ0v) is 11.4. The number of amides is 1. The van der Waals surface area contributed by atoms with Crippen molar-refractivity contribution >= 4 is 5.91 Å².